The second kappa shape index (κ2) is 11.1. The van der Waals surface area contributed by atoms with Gasteiger partial charge in [-0.05, 0) is 56.0 Å². The van der Waals surface area contributed by atoms with Gasteiger partial charge in [-0.15, -0.1) is 0 Å². The first-order chi connectivity index (χ1) is 16.8. The summed E-state index contributed by atoms with van der Waals surface area (Å²) in [5.41, 5.74) is 5.03. The summed E-state index contributed by atoms with van der Waals surface area (Å²) < 4.78 is 83.4. The second-order valence-electron chi connectivity index (χ2n) is 8.76. The fourth-order valence-corrected chi connectivity index (χ4v) is 4.61. The number of aromatic nitrogens is 1. The van der Waals surface area contributed by atoms with Gasteiger partial charge in [-0.1, -0.05) is 12.1 Å². The molecular formula is C23H27F4N4O4S-. The van der Waals surface area contributed by atoms with Crippen molar-refractivity contribution in [2.45, 2.75) is 51.0 Å². The lowest BCUT2D eigenvalue weighted by molar-refractivity contribution is -0.141. The van der Waals surface area contributed by atoms with E-state index in [1.54, 1.807) is 4.90 Å². The number of anilines is 2. The molecule has 4 unspecified atom stereocenters. The van der Waals surface area contributed by atoms with Crippen molar-refractivity contribution >= 4 is 28.7 Å². The van der Waals surface area contributed by atoms with Gasteiger partial charge in [0.15, 0.2) is 0 Å². The fraction of sp³-hybridized carbons (Fsp3) is 0.478. The Balaban J connectivity index is 1.91. The molecule has 8 nitrogen and oxygen atoms in total. The molecular weight excluding hydrogens is 504 g/mol. The highest BCUT2D eigenvalue weighted by Crippen LogP contribution is 2.34. The maximum absolute atomic E-state index is 14.6. The second-order valence-corrected chi connectivity index (χ2v) is 9.74. The number of primary amides is 1. The van der Waals surface area contributed by atoms with E-state index in [-0.39, 0.29) is 42.1 Å². The number of carbonyl (C=O) groups excluding carboxylic acids is 1. The lowest BCUT2D eigenvalue weighted by Crippen LogP contribution is -2.46. The quantitative estimate of drug-likeness (QED) is 0.413. The normalized spacial score (nSPS) is 20.2. The summed E-state index contributed by atoms with van der Waals surface area (Å²) in [5, 5.41) is 0. The molecule has 1 amide bonds. The number of hydrogen-bond acceptors (Lipinski definition) is 6. The van der Waals surface area contributed by atoms with Crippen LogP contribution in [0.1, 0.15) is 43.0 Å². The van der Waals surface area contributed by atoms with Gasteiger partial charge in [-0.25, -0.2) is 9.37 Å². The number of rotatable bonds is 8. The zero-order valence-corrected chi connectivity index (χ0v) is 20.7. The predicted octanol–water partition coefficient (Wildman–Crippen LogP) is 3.29. The van der Waals surface area contributed by atoms with Crippen molar-refractivity contribution in [3.8, 4) is 0 Å². The fourth-order valence-electron chi connectivity index (χ4n) is 4.30. The van der Waals surface area contributed by atoms with Gasteiger partial charge in [0.05, 0.1) is 23.8 Å². The maximum Gasteiger partial charge on any atom is 0.433 e. The Hall–Kier alpha value is -2.77. The van der Waals surface area contributed by atoms with Gasteiger partial charge >= 0.3 is 6.18 Å². The predicted molar refractivity (Wildman–Crippen MR) is 125 cm³/mol. The van der Waals surface area contributed by atoms with Crippen molar-refractivity contribution in [3.63, 3.8) is 0 Å². The van der Waals surface area contributed by atoms with Crippen LogP contribution in [-0.2, 0) is 33.4 Å². The van der Waals surface area contributed by atoms with E-state index in [0.717, 1.165) is 12.1 Å². The van der Waals surface area contributed by atoms with E-state index in [9.17, 15) is 31.1 Å². The summed E-state index contributed by atoms with van der Waals surface area (Å²) in [6.07, 6.45) is -4.86. The summed E-state index contributed by atoms with van der Waals surface area (Å²) in [6.45, 7) is 4.31. The van der Waals surface area contributed by atoms with Gasteiger partial charge < -0.3 is 24.2 Å². The summed E-state index contributed by atoms with van der Waals surface area (Å²) in [7, 11) is 1.17. The molecule has 1 aliphatic heterocycles. The molecule has 1 fully saturated rings. The van der Waals surface area contributed by atoms with E-state index in [4.69, 9.17) is 10.5 Å². The van der Waals surface area contributed by atoms with Crippen LogP contribution in [0.3, 0.4) is 0 Å². The van der Waals surface area contributed by atoms with Crippen molar-refractivity contribution in [2.24, 2.45) is 5.73 Å². The topological polar surface area (TPSA) is 112 Å². The molecule has 0 radical (unpaired) electrons. The van der Waals surface area contributed by atoms with Crippen molar-refractivity contribution in [3.05, 3.63) is 53.0 Å². The summed E-state index contributed by atoms with van der Waals surface area (Å²) >= 11 is -2.69. The third kappa shape index (κ3) is 6.51. The molecule has 0 bridgehead atoms. The average Bonchev–Trinajstić information content (AvgIpc) is 2.77. The molecule has 2 N–H and O–H groups in total. The molecule has 1 aliphatic rings. The number of halogens is 4. The van der Waals surface area contributed by atoms with Gasteiger partial charge in [-0.2, -0.15) is 13.2 Å². The van der Waals surface area contributed by atoms with Crippen LogP contribution in [0.4, 0.5) is 29.1 Å². The lowest BCUT2D eigenvalue weighted by atomic mass is 9.91. The van der Waals surface area contributed by atoms with Crippen LogP contribution in [-0.4, -0.2) is 52.0 Å². The molecule has 1 aromatic carbocycles. The number of amides is 1. The molecule has 198 valence electrons. The van der Waals surface area contributed by atoms with E-state index in [2.05, 4.69) is 4.98 Å². The van der Waals surface area contributed by atoms with E-state index in [0.29, 0.717) is 23.0 Å². The number of nitrogens with two attached hydrogens (primary N) is 1. The van der Waals surface area contributed by atoms with E-state index in [1.807, 2.05) is 13.8 Å². The van der Waals surface area contributed by atoms with Crippen LogP contribution in [0.2, 0.25) is 0 Å². The smallest absolute Gasteiger partial charge is 0.433 e. The SMILES string of the molecule is CC1CN(c2nc(C(F)(F)F)ccc2CCC(C(N)=O)c2ccc(N(C)S(=O)[O-])c(F)c2)CC(C)O1. The number of ether oxygens (including phenoxy) is 1. The molecule has 4 atom stereocenters. The molecule has 2 heterocycles. The van der Waals surface area contributed by atoms with Crippen molar-refractivity contribution in [1.82, 2.24) is 4.98 Å². The molecule has 2 aromatic rings. The molecule has 0 spiro atoms. The Labute approximate surface area is 208 Å². The Morgan fingerprint density at radius 2 is 1.92 bits per heavy atom. The first-order valence-electron chi connectivity index (χ1n) is 11.2. The van der Waals surface area contributed by atoms with Crippen molar-refractivity contribution < 1.29 is 35.9 Å². The third-order valence-electron chi connectivity index (χ3n) is 5.95. The minimum absolute atomic E-state index is 0.0763. The molecule has 1 aromatic heterocycles. The van der Waals surface area contributed by atoms with Crippen LogP contribution in [0.15, 0.2) is 30.3 Å². The first-order valence-corrected chi connectivity index (χ1v) is 12.2. The lowest BCUT2D eigenvalue weighted by Gasteiger charge is -2.37. The van der Waals surface area contributed by atoms with Crippen LogP contribution >= 0.6 is 0 Å². The van der Waals surface area contributed by atoms with Crippen molar-refractivity contribution in [1.29, 1.82) is 0 Å². The van der Waals surface area contributed by atoms with E-state index in [1.165, 1.54) is 25.2 Å². The molecule has 0 saturated carbocycles. The highest BCUT2D eigenvalue weighted by Gasteiger charge is 2.35. The van der Waals surface area contributed by atoms with Crippen molar-refractivity contribution in [2.75, 3.05) is 29.3 Å². The Morgan fingerprint density at radius 3 is 2.44 bits per heavy atom. The van der Waals surface area contributed by atoms with Gasteiger partial charge in [0.2, 0.25) is 5.91 Å². The van der Waals surface area contributed by atoms with Gasteiger partial charge in [0, 0.05) is 31.4 Å². The number of morpholine rings is 1. The number of alkyl halides is 3. The zero-order chi connectivity index (χ0) is 26.8. The Morgan fingerprint density at radius 1 is 1.28 bits per heavy atom. The number of benzene rings is 1. The standard InChI is InChI=1S/C23H28F4N4O4S/c1-13-11-31(12-14(2)35-13)22-15(6-9-20(29-22)23(25,26)27)4-7-17(21(28)32)16-5-8-19(18(24)10-16)30(3)36(33)34/h5-6,8-10,13-14,17H,4,7,11-12H2,1-3H3,(H2,28,32)(H,33,34)/p-1. The molecule has 0 aliphatic carbocycles. The molecule has 3 rings (SSSR count). The van der Waals surface area contributed by atoms with Crippen LogP contribution in [0.25, 0.3) is 0 Å². The molecule has 13 heteroatoms. The van der Waals surface area contributed by atoms with Gasteiger partial charge in [-0.3, -0.25) is 9.00 Å². The third-order valence-corrected chi connectivity index (χ3v) is 6.59. The highest BCUT2D eigenvalue weighted by molar-refractivity contribution is 7.80. The first kappa shape index (κ1) is 27.8. The summed E-state index contributed by atoms with van der Waals surface area (Å²) in [5.74, 6) is -2.43. The van der Waals surface area contributed by atoms with E-state index < -0.39 is 40.8 Å². The summed E-state index contributed by atoms with van der Waals surface area (Å²) in [4.78, 5) is 17.8. The monoisotopic (exact) mass is 531 g/mol. The maximum atomic E-state index is 14.6. The largest absolute Gasteiger partial charge is 0.755 e. The van der Waals surface area contributed by atoms with Gasteiger partial charge in [0.1, 0.15) is 17.3 Å². The average molecular weight is 532 g/mol. The minimum Gasteiger partial charge on any atom is -0.755 e. The van der Waals surface area contributed by atoms with Gasteiger partial charge in [0.25, 0.3) is 0 Å². The molecule has 36 heavy (non-hydrogen) atoms. The zero-order valence-electron chi connectivity index (χ0n) is 19.9. The Kier molecular flexibility index (Phi) is 8.57. The van der Waals surface area contributed by atoms with Crippen LogP contribution in [0.5, 0.6) is 0 Å². The number of carbonyl (C=O) groups is 1. The summed E-state index contributed by atoms with van der Waals surface area (Å²) in [6, 6.07) is 5.87. The van der Waals surface area contributed by atoms with Crippen LogP contribution in [0, 0.1) is 5.82 Å². The number of pyridine rings is 1. The van der Waals surface area contributed by atoms with Crippen LogP contribution < -0.4 is 14.9 Å². The highest BCUT2D eigenvalue weighted by atomic mass is 32.2. The number of hydrogen-bond donors (Lipinski definition) is 1. The minimum atomic E-state index is -4.63. The molecule has 1 saturated heterocycles. The number of aryl methyl sites for hydroxylation is 1. The van der Waals surface area contributed by atoms with E-state index >= 15 is 0 Å². The Bertz CT molecular complexity index is 1120. The number of nitrogens with zero attached hydrogens (tertiary/aromatic N) is 3.